The molecule has 0 bridgehead atoms. The zero-order valence-electron chi connectivity index (χ0n) is 12.7. The lowest BCUT2D eigenvalue weighted by Gasteiger charge is -2.19. The van der Waals surface area contributed by atoms with Crippen LogP contribution in [0.2, 0.25) is 0 Å². The van der Waals surface area contributed by atoms with E-state index < -0.39 is 11.2 Å². The minimum Gasteiger partial charge on any atom is -0.611 e. The maximum Gasteiger partial charge on any atom is 0.153 e. The van der Waals surface area contributed by atoms with Crippen molar-refractivity contribution in [1.82, 2.24) is 0 Å². The zero-order valence-corrected chi connectivity index (χ0v) is 13.5. The summed E-state index contributed by atoms with van der Waals surface area (Å²) < 4.78 is 26.0. The van der Waals surface area contributed by atoms with Gasteiger partial charge in [-0.25, -0.2) is 4.39 Å². The van der Waals surface area contributed by atoms with Gasteiger partial charge in [-0.1, -0.05) is 31.5 Å². The average Bonchev–Trinajstić information content (AvgIpc) is 2.48. The van der Waals surface area contributed by atoms with Crippen LogP contribution in [-0.4, -0.2) is 4.55 Å². The molecule has 3 heteroatoms. The Morgan fingerprint density at radius 1 is 1.19 bits per heavy atom. The summed E-state index contributed by atoms with van der Waals surface area (Å²) in [5.74, 6) is -0.285. The van der Waals surface area contributed by atoms with Gasteiger partial charge in [0.15, 0.2) is 4.90 Å². The number of halogens is 1. The van der Waals surface area contributed by atoms with E-state index in [1.807, 2.05) is 31.2 Å². The van der Waals surface area contributed by atoms with Crippen LogP contribution in [0.5, 0.6) is 0 Å². The predicted octanol–water partition coefficient (Wildman–Crippen LogP) is 4.96. The standard InChI is InChI=1S/C18H21FOS/c1-4-6-15-12-18(10-9-13(15)2)21(20)14(3)16-7-5-8-17(19)11-16/h5,7-12,14H,4,6H2,1-3H3. The van der Waals surface area contributed by atoms with Gasteiger partial charge in [0.2, 0.25) is 0 Å². The minimum atomic E-state index is -1.18. The van der Waals surface area contributed by atoms with Crippen molar-refractivity contribution in [2.75, 3.05) is 0 Å². The molecule has 0 radical (unpaired) electrons. The number of benzene rings is 2. The topological polar surface area (TPSA) is 23.1 Å². The molecule has 1 nitrogen and oxygen atoms in total. The van der Waals surface area contributed by atoms with Gasteiger partial charge >= 0.3 is 0 Å². The summed E-state index contributed by atoms with van der Waals surface area (Å²) in [5, 5.41) is -0.224. The van der Waals surface area contributed by atoms with E-state index in [2.05, 4.69) is 13.8 Å². The Morgan fingerprint density at radius 2 is 1.95 bits per heavy atom. The first-order valence-corrected chi connectivity index (χ1v) is 8.49. The number of aryl methyl sites for hydroxylation is 2. The molecule has 0 heterocycles. The minimum absolute atomic E-state index is 0.224. The number of hydrogen-bond acceptors (Lipinski definition) is 1. The van der Waals surface area contributed by atoms with E-state index in [0.29, 0.717) is 0 Å². The van der Waals surface area contributed by atoms with Crippen molar-refractivity contribution in [3.8, 4) is 0 Å². The van der Waals surface area contributed by atoms with Crippen LogP contribution in [0.15, 0.2) is 47.4 Å². The predicted molar refractivity (Wildman–Crippen MR) is 86.4 cm³/mol. The van der Waals surface area contributed by atoms with Crippen LogP contribution in [0.3, 0.4) is 0 Å². The quantitative estimate of drug-likeness (QED) is 0.716. The first-order valence-electron chi connectivity index (χ1n) is 7.28. The Balaban J connectivity index is 2.26. The van der Waals surface area contributed by atoms with E-state index in [-0.39, 0.29) is 11.1 Å². The van der Waals surface area contributed by atoms with Gasteiger partial charge in [0.05, 0.1) is 0 Å². The fraction of sp³-hybridized carbons (Fsp3) is 0.333. The van der Waals surface area contributed by atoms with Crippen molar-refractivity contribution in [3.05, 3.63) is 65.0 Å². The maximum absolute atomic E-state index is 13.3. The van der Waals surface area contributed by atoms with Crippen LogP contribution in [0, 0.1) is 12.7 Å². The van der Waals surface area contributed by atoms with Gasteiger partial charge in [-0.3, -0.25) is 0 Å². The third-order valence-corrected chi connectivity index (χ3v) is 5.34. The smallest absolute Gasteiger partial charge is 0.153 e. The second-order valence-corrected chi connectivity index (χ2v) is 7.11. The summed E-state index contributed by atoms with van der Waals surface area (Å²) in [6, 6.07) is 12.3. The molecule has 0 saturated carbocycles. The van der Waals surface area contributed by atoms with Crippen LogP contribution in [0.4, 0.5) is 4.39 Å². The van der Waals surface area contributed by atoms with Crippen LogP contribution in [0.25, 0.3) is 0 Å². The first-order chi connectivity index (χ1) is 10.0. The molecule has 0 aromatic heterocycles. The summed E-state index contributed by atoms with van der Waals surface area (Å²) in [5.41, 5.74) is 3.25. The lowest BCUT2D eigenvalue weighted by Crippen LogP contribution is -2.11. The molecule has 21 heavy (non-hydrogen) atoms. The molecular weight excluding hydrogens is 283 g/mol. The van der Waals surface area contributed by atoms with E-state index >= 15 is 0 Å². The van der Waals surface area contributed by atoms with Gasteiger partial charge in [0.1, 0.15) is 11.1 Å². The molecule has 2 aromatic carbocycles. The molecule has 112 valence electrons. The average molecular weight is 304 g/mol. The van der Waals surface area contributed by atoms with Gasteiger partial charge in [-0.2, -0.15) is 0 Å². The monoisotopic (exact) mass is 304 g/mol. The fourth-order valence-electron chi connectivity index (χ4n) is 2.40. The second-order valence-electron chi connectivity index (χ2n) is 5.33. The van der Waals surface area contributed by atoms with Crippen molar-refractivity contribution in [1.29, 1.82) is 0 Å². The SMILES string of the molecule is CCCc1cc([S+]([O-])C(C)c2cccc(F)c2)ccc1C. The first kappa shape index (κ1) is 16.1. The third-order valence-electron chi connectivity index (χ3n) is 3.71. The van der Waals surface area contributed by atoms with E-state index in [4.69, 9.17) is 0 Å². The second kappa shape index (κ2) is 7.10. The maximum atomic E-state index is 13.3. The lowest BCUT2D eigenvalue weighted by molar-refractivity contribution is 0.583. The van der Waals surface area contributed by atoms with E-state index in [0.717, 1.165) is 23.3 Å². The summed E-state index contributed by atoms with van der Waals surface area (Å²) in [6.07, 6.45) is 2.06. The molecule has 2 atom stereocenters. The third kappa shape index (κ3) is 3.86. The highest BCUT2D eigenvalue weighted by Crippen LogP contribution is 2.30. The van der Waals surface area contributed by atoms with E-state index in [9.17, 15) is 8.94 Å². The molecule has 0 aliphatic heterocycles. The normalized spacial score (nSPS) is 14.0. The molecule has 2 rings (SSSR count). The summed E-state index contributed by atoms with van der Waals surface area (Å²) in [7, 11) is 0. The van der Waals surface area contributed by atoms with Crippen molar-refractivity contribution in [3.63, 3.8) is 0 Å². The van der Waals surface area contributed by atoms with Gasteiger partial charge in [-0.05, 0) is 66.8 Å². The van der Waals surface area contributed by atoms with E-state index in [1.54, 1.807) is 6.07 Å². The molecule has 2 aromatic rings. The molecule has 0 aliphatic rings. The molecule has 0 spiro atoms. The Kier molecular flexibility index (Phi) is 5.43. The molecule has 0 aliphatic carbocycles. The zero-order chi connectivity index (χ0) is 15.4. The highest BCUT2D eigenvalue weighted by atomic mass is 32.2. The van der Waals surface area contributed by atoms with Gasteiger partial charge in [0, 0.05) is 5.56 Å². The number of hydrogen-bond donors (Lipinski definition) is 0. The van der Waals surface area contributed by atoms with Crippen LogP contribution >= 0.6 is 0 Å². The molecule has 0 fully saturated rings. The molecule has 0 saturated heterocycles. The number of rotatable bonds is 5. The fourth-order valence-corrected chi connectivity index (χ4v) is 3.66. The van der Waals surface area contributed by atoms with Crippen molar-refractivity contribution in [2.24, 2.45) is 0 Å². The molecule has 0 N–H and O–H groups in total. The largest absolute Gasteiger partial charge is 0.611 e. The Hall–Kier alpha value is -1.32. The van der Waals surface area contributed by atoms with Gasteiger partial charge in [0.25, 0.3) is 0 Å². The Labute approximate surface area is 129 Å². The molecule has 2 unspecified atom stereocenters. The van der Waals surface area contributed by atoms with Crippen LogP contribution in [-0.2, 0) is 17.6 Å². The Morgan fingerprint density at radius 3 is 2.62 bits per heavy atom. The van der Waals surface area contributed by atoms with E-state index in [1.165, 1.54) is 23.3 Å². The van der Waals surface area contributed by atoms with Crippen molar-refractivity contribution >= 4 is 11.2 Å². The van der Waals surface area contributed by atoms with Crippen LogP contribution < -0.4 is 0 Å². The summed E-state index contributed by atoms with van der Waals surface area (Å²) >= 11 is -1.18. The molecular formula is C18H21FOS. The van der Waals surface area contributed by atoms with Crippen LogP contribution in [0.1, 0.15) is 42.2 Å². The van der Waals surface area contributed by atoms with Gasteiger partial charge in [-0.15, -0.1) is 0 Å². The van der Waals surface area contributed by atoms with Crippen molar-refractivity contribution < 1.29 is 8.94 Å². The molecule has 0 amide bonds. The van der Waals surface area contributed by atoms with Gasteiger partial charge < -0.3 is 4.55 Å². The Bertz CT molecular complexity index is 612. The lowest BCUT2D eigenvalue weighted by atomic mass is 10.0. The van der Waals surface area contributed by atoms with Crippen molar-refractivity contribution in [2.45, 2.75) is 43.8 Å². The summed E-state index contributed by atoms with van der Waals surface area (Å²) in [4.78, 5) is 0.820. The highest BCUT2D eigenvalue weighted by molar-refractivity contribution is 7.91. The summed E-state index contributed by atoms with van der Waals surface area (Å²) in [6.45, 7) is 6.09. The highest BCUT2D eigenvalue weighted by Gasteiger charge is 2.23.